The molecule has 4 heavy (non-hydrogen) atoms. The molecular weight excluding hydrogens is 74.0 g/mol. The summed E-state index contributed by atoms with van der Waals surface area (Å²) >= 11 is 0. The van der Waals surface area contributed by atoms with Gasteiger partial charge in [-0.1, -0.05) is 0 Å². The van der Waals surface area contributed by atoms with E-state index < -0.39 is 8.23 Å². The van der Waals surface area contributed by atoms with Gasteiger partial charge in [0.2, 0.25) is 0 Å². The normalized spacial score (nSPS) is 26.2. The van der Waals surface area contributed by atoms with E-state index in [4.69, 9.17) is 0 Å². The van der Waals surface area contributed by atoms with Crippen molar-refractivity contribution < 1.29 is 4.20 Å². The van der Waals surface area contributed by atoms with Gasteiger partial charge in [-0.25, -0.2) is 4.20 Å². The van der Waals surface area contributed by atoms with Crippen molar-refractivity contribution in [1.82, 2.24) is 0 Å². The minimum absolute atomic E-state index is 0.870. The summed E-state index contributed by atoms with van der Waals surface area (Å²) in [6.45, 7) is 0. The van der Waals surface area contributed by atoms with Crippen LogP contribution in [0.3, 0.4) is 0 Å². The van der Waals surface area contributed by atoms with Crippen LogP contribution in [0, 0.1) is 0 Å². The molecule has 0 aromatic rings. The molecular formula is C2H4FP. The Balaban J connectivity index is 2.17. The lowest BCUT2D eigenvalue weighted by Gasteiger charge is -1.50. The lowest BCUT2D eigenvalue weighted by atomic mass is 11.0. The summed E-state index contributed by atoms with van der Waals surface area (Å²) in [6, 6.07) is 0. The molecule has 1 heterocycles. The molecule has 1 aliphatic heterocycles. The molecule has 0 spiro atoms. The predicted molar refractivity (Wildman–Crippen MR) is 17.8 cm³/mol. The molecule has 0 saturated carbocycles. The Morgan fingerprint density at radius 3 is 1.75 bits per heavy atom. The Morgan fingerprint density at radius 1 is 1.50 bits per heavy atom. The Bertz CT molecular complexity index is 25.2. The maximum atomic E-state index is 11.2. The van der Waals surface area contributed by atoms with E-state index >= 15 is 0 Å². The van der Waals surface area contributed by atoms with Crippen molar-refractivity contribution in [1.29, 1.82) is 0 Å². The summed E-state index contributed by atoms with van der Waals surface area (Å²) in [5, 5.41) is 0. The average Bonchev–Trinajstić information content (AvgIpc) is 1.75. The molecule has 0 radical (unpaired) electrons. The fourth-order valence-corrected chi connectivity index (χ4v) is 0.340. The lowest BCUT2D eigenvalue weighted by molar-refractivity contribution is 0.919. The van der Waals surface area contributed by atoms with E-state index in [0.29, 0.717) is 0 Å². The van der Waals surface area contributed by atoms with Crippen LogP contribution < -0.4 is 0 Å². The smallest absolute Gasteiger partial charge is 0.0822 e. The van der Waals surface area contributed by atoms with Crippen LogP contribution >= 0.6 is 8.23 Å². The van der Waals surface area contributed by atoms with Gasteiger partial charge in [0.05, 0.1) is 8.23 Å². The minimum Gasteiger partial charge on any atom is -0.227 e. The second-order valence-electron chi connectivity index (χ2n) is 0.910. The number of hydrogen-bond donors (Lipinski definition) is 0. The first-order chi connectivity index (χ1) is 1.89. The first kappa shape index (κ1) is 2.59. The Hall–Kier alpha value is 0.360. The summed E-state index contributed by atoms with van der Waals surface area (Å²) in [7, 11) is -0.870. The highest BCUT2D eigenvalue weighted by atomic mass is 31.2. The molecule has 0 aromatic heterocycles. The van der Waals surface area contributed by atoms with Crippen molar-refractivity contribution in [3.63, 3.8) is 0 Å². The van der Waals surface area contributed by atoms with E-state index in [-0.39, 0.29) is 0 Å². The lowest BCUT2D eigenvalue weighted by Crippen LogP contribution is -1.20. The quantitative estimate of drug-likeness (QED) is 0.384. The van der Waals surface area contributed by atoms with E-state index in [0.717, 1.165) is 12.3 Å². The fourth-order valence-electron chi connectivity index (χ4n) is 0.0378. The maximum absolute atomic E-state index is 11.2. The zero-order chi connectivity index (χ0) is 2.99. The molecule has 1 saturated heterocycles. The van der Waals surface area contributed by atoms with E-state index in [2.05, 4.69) is 0 Å². The summed E-state index contributed by atoms with van der Waals surface area (Å²) in [5.74, 6) is 0. The number of rotatable bonds is 0. The topological polar surface area (TPSA) is 0 Å². The second-order valence-corrected chi connectivity index (χ2v) is 2.73. The molecule has 0 unspecified atom stereocenters. The van der Waals surface area contributed by atoms with Gasteiger partial charge in [-0.05, 0) is 0 Å². The van der Waals surface area contributed by atoms with Gasteiger partial charge in [0, 0.05) is 12.3 Å². The highest BCUT2D eigenvalue weighted by Crippen LogP contribution is 2.51. The summed E-state index contributed by atoms with van der Waals surface area (Å²) < 4.78 is 11.2. The zero-order valence-corrected chi connectivity index (χ0v) is 3.13. The van der Waals surface area contributed by atoms with Crippen molar-refractivity contribution in [2.45, 2.75) is 0 Å². The third kappa shape index (κ3) is 0.387. The SMILES string of the molecule is FP1CC1. The molecule has 0 bridgehead atoms. The third-order valence-corrected chi connectivity index (χ3v) is 1.18. The van der Waals surface area contributed by atoms with Gasteiger partial charge in [-0.15, -0.1) is 0 Å². The van der Waals surface area contributed by atoms with Crippen LogP contribution in [0.5, 0.6) is 0 Å². The van der Waals surface area contributed by atoms with E-state index in [9.17, 15) is 4.20 Å². The Labute approximate surface area is 25.9 Å². The van der Waals surface area contributed by atoms with Crippen LogP contribution in [0.2, 0.25) is 0 Å². The zero-order valence-electron chi connectivity index (χ0n) is 2.24. The van der Waals surface area contributed by atoms with Crippen LogP contribution in [0.4, 0.5) is 4.20 Å². The molecule has 0 aromatic carbocycles. The minimum atomic E-state index is -0.870. The van der Waals surface area contributed by atoms with Gasteiger partial charge >= 0.3 is 0 Å². The Kier molecular flexibility index (Phi) is 0.422. The molecule has 1 fully saturated rings. The monoisotopic (exact) mass is 78.0 g/mol. The molecule has 1 aliphatic rings. The van der Waals surface area contributed by atoms with Gasteiger partial charge < -0.3 is 0 Å². The van der Waals surface area contributed by atoms with E-state index in [1.807, 2.05) is 0 Å². The standard InChI is InChI=1S/C2H4FP/c3-4-1-2-4/h1-2H2. The molecule has 0 aliphatic carbocycles. The maximum Gasteiger partial charge on any atom is 0.0822 e. The molecule has 2 heteroatoms. The molecule has 0 atom stereocenters. The predicted octanol–water partition coefficient (Wildman–Crippen LogP) is 1.37. The number of hydrogen-bond acceptors (Lipinski definition) is 0. The van der Waals surface area contributed by atoms with Gasteiger partial charge in [-0.3, -0.25) is 0 Å². The van der Waals surface area contributed by atoms with Gasteiger partial charge in [-0.2, -0.15) is 0 Å². The van der Waals surface area contributed by atoms with Gasteiger partial charge in [0.15, 0.2) is 0 Å². The van der Waals surface area contributed by atoms with Crippen molar-refractivity contribution in [2.24, 2.45) is 0 Å². The van der Waals surface area contributed by atoms with Crippen LogP contribution in [-0.4, -0.2) is 12.3 Å². The van der Waals surface area contributed by atoms with Crippen LogP contribution in [0.1, 0.15) is 0 Å². The molecule has 1 rings (SSSR count). The molecule has 24 valence electrons. The highest BCUT2D eigenvalue weighted by molar-refractivity contribution is 7.59. The second kappa shape index (κ2) is 0.651. The molecule has 0 amide bonds. The first-order valence-corrected chi connectivity index (χ1v) is 2.90. The number of halogens is 1. The highest BCUT2D eigenvalue weighted by Gasteiger charge is 2.19. The van der Waals surface area contributed by atoms with Crippen molar-refractivity contribution in [2.75, 3.05) is 12.3 Å². The van der Waals surface area contributed by atoms with Gasteiger partial charge in [0.1, 0.15) is 0 Å². The van der Waals surface area contributed by atoms with Crippen LogP contribution in [0.15, 0.2) is 0 Å². The van der Waals surface area contributed by atoms with Crippen molar-refractivity contribution >= 4 is 8.23 Å². The first-order valence-electron chi connectivity index (χ1n) is 1.30. The van der Waals surface area contributed by atoms with Crippen molar-refractivity contribution in [3.8, 4) is 0 Å². The van der Waals surface area contributed by atoms with E-state index in [1.54, 1.807) is 0 Å². The van der Waals surface area contributed by atoms with E-state index in [1.165, 1.54) is 0 Å². The summed E-state index contributed by atoms with van der Waals surface area (Å²) in [5.41, 5.74) is 0. The largest absolute Gasteiger partial charge is 0.227 e. The fraction of sp³-hybridized carbons (Fsp3) is 1.00. The molecule has 0 nitrogen and oxygen atoms in total. The summed E-state index contributed by atoms with van der Waals surface area (Å²) in [4.78, 5) is 0. The van der Waals surface area contributed by atoms with Crippen LogP contribution in [0.25, 0.3) is 0 Å². The molecule has 0 N–H and O–H groups in total. The van der Waals surface area contributed by atoms with Crippen LogP contribution in [-0.2, 0) is 0 Å². The third-order valence-electron chi connectivity index (χ3n) is 0.393. The average molecular weight is 78.0 g/mol. The Morgan fingerprint density at radius 2 is 1.75 bits per heavy atom. The van der Waals surface area contributed by atoms with Gasteiger partial charge in [0.25, 0.3) is 0 Å². The van der Waals surface area contributed by atoms with Crippen molar-refractivity contribution in [3.05, 3.63) is 0 Å². The summed E-state index contributed by atoms with van der Waals surface area (Å²) in [6.07, 6.45) is 1.77.